The summed E-state index contributed by atoms with van der Waals surface area (Å²) in [6, 6.07) is 10.1. The van der Waals surface area contributed by atoms with Crippen LogP contribution in [0.1, 0.15) is 17.7 Å². The van der Waals surface area contributed by atoms with Gasteiger partial charge in [-0.3, -0.25) is 24.6 Å². The summed E-state index contributed by atoms with van der Waals surface area (Å²) in [6.45, 7) is 0.275. The Kier molecular flexibility index (Phi) is 6.22. The highest BCUT2D eigenvalue weighted by Crippen LogP contribution is 2.36. The van der Waals surface area contributed by atoms with Crippen LogP contribution in [0.4, 0.5) is 5.69 Å². The molecular weight excluding hydrogens is 420 g/mol. The summed E-state index contributed by atoms with van der Waals surface area (Å²) in [5.41, 5.74) is 0.759. The SMILES string of the molecule is O=C(O)CCCN1C(=O)/C(=C/c2ccc(-c3cccc([N+](=O)[O-])c3)s2)SC1=S. The van der Waals surface area contributed by atoms with Crippen LogP contribution in [-0.4, -0.2) is 37.7 Å². The van der Waals surface area contributed by atoms with E-state index in [1.165, 1.54) is 40.1 Å². The van der Waals surface area contributed by atoms with Gasteiger partial charge < -0.3 is 5.11 Å². The number of thiophene rings is 1. The Labute approximate surface area is 173 Å². The van der Waals surface area contributed by atoms with Crippen molar-refractivity contribution in [3.63, 3.8) is 0 Å². The minimum Gasteiger partial charge on any atom is -0.481 e. The Morgan fingerprint density at radius 1 is 1.32 bits per heavy atom. The Morgan fingerprint density at radius 3 is 2.82 bits per heavy atom. The van der Waals surface area contributed by atoms with Gasteiger partial charge in [0.25, 0.3) is 11.6 Å². The van der Waals surface area contributed by atoms with Crippen LogP contribution >= 0.6 is 35.3 Å². The summed E-state index contributed by atoms with van der Waals surface area (Å²) in [5, 5.41) is 19.7. The number of carbonyl (C=O) groups is 2. The van der Waals surface area contributed by atoms with Gasteiger partial charge in [-0.15, -0.1) is 11.3 Å². The molecule has 1 saturated heterocycles. The number of hydrogen-bond donors (Lipinski definition) is 1. The first-order valence-corrected chi connectivity index (χ1v) is 10.2. The monoisotopic (exact) mass is 434 g/mol. The molecule has 0 atom stereocenters. The number of thiocarbonyl (C=S) groups is 1. The standard InChI is InChI=1S/C18H14N2O5S3/c21-16(22)5-2-8-19-17(23)15(28-18(19)26)10-13-6-7-14(27-13)11-3-1-4-12(9-11)20(24)25/h1,3-4,6-7,9-10H,2,5,8H2,(H,21,22)/b15-10-. The number of amides is 1. The van der Waals surface area contributed by atoms with Crippen LogP contribution in [0.25, 0.3) is 16.5 Å². The topological polar surface area (TPSA) is 101 Å². The molecule has 2 heterocycles. The van der Waals surface area contributed by atoms with E-state index in [0.29, 0.717) is 15.6 Å². The van der Waals surface area contributed by atoms with Crippen molar-refractivity contribution in [2.45, 2.75) is 12.8 Å². The van der Waals surface area contributed by atoms with E-state index < -0.39 is 10.9 Å². The number of carboxylic acids is 1. The molecule has 0 spiro atoms. The number of aliphatic carboxylic acids is 1. The number of benzene rings is 1. The van der Waals surface area contributed by atoms with Crippen molar-refractivity contribution in [1.29, 1.82) is 0 Å². The van der Waals surface area contributed by atoms with E-state index in [0.717, 1.165) is 15.3 Å². The molecule has 1 aliphatic rings. The number of thioether (sulfide) groups is 1. The third-order valence-electron chi connectivity index (χ3n) is 3.89. The predicted molar refractivity (Wildman–Crippen MR) is 113 cm³/mol. The summed E-state index contributed by atoms with van der Waals surface area (Å²) in [7, 11) is 0. The molecule has 0 radical (unpaired) electrons. The van der Waals surface area contributed by atoms with Crippen molar-refractivity contribution >= 4 is 63.3 Å². The fourth-order valence-electron chi connectivity index (χ4n) is 2.57. The van der Waals surface area contributed by atoms with Crippen molar-refractivity contribution in [3.05, 3.63) is 56.3 Å². The van der Waals surface area contributed by atoms with Gasteiger partial charge in [0.1, 0.15) is 4.32 Å². The summed E-state index contributed by atoms with van der Waals surface area (Å²) in [4.78, 5) is 37.2. The Hall–Kier alpha value is -2.56. The summed E-state index contributed by atoms with van der Waals surface area (Å²) in [5.74, 6) is -1.14. The van der Waals surface area contributed by atoms with Crippen LogP contribution in [0.2, 0.25) is 0 Å². The zero-order chi connectivity index (χ0) is 20.3. The largest absolute Gasteiger partial charge is 0.481 e. The number of nitrogens with zero attached hydrogens (tertiary/aromatic N) is 2. The summed E-state index contributed by atoms with van der Waals surface area (Å²) < 4.78 is 0.414. The zero-order valence-electron chi connectivity index (χ0n) is 14.4. The lowest BCUT2D eigenvalue weighted by molar-refractivity contribution is -0.384. The van der Waals surface area contributed by atoms with E-state index in [2.05, 4.69) is 0 Å². The molecule has 7 nitrogen and oxygen atoms in total. The Morgan fingerprint density at radius 2 is 2.11 bits per heavy atom. The molecule has 0 unspecified atom stereocenters. The van der Waals surface area contributed by atoms with Crippen molar-refractivity contribution < 1.29 is 19.6 Å². The minimum absolute atomic E-state index is 0.0202. The van der Waals surface area contributed by atoms with E-state index in [-0.39, 0.29) is 24.6 Å². The van der Waals surface area contributed by atoms with Crippen LogP contribution < -0.4 is 0 Å². The Balaban J connectivity index is 1.75. The smallest absolute Gasteiger partial charge is 0.303 e. The maximum atomic E-state index is 12.5. The molecule has 10 heteroatoms. The van der Waals surface area contributed by atoms with Crippen LogP contribution in [0, 0.1) is 10.1 Å². The molecule has 1 aromatic carbocycles. The molecular formula is C18H14N2O5S3. The second-order valence-corrected chi connectivity index (χ2v) is 8.63. The van der Waals surface area contributed by atoms with Gasteiger partial charge in [-0.05, 0) is 30.2 Å². The molecule has 1 aliphatic heterocycles. The molecule has 0 aliphatic carbocycles. The number of carbonyl (C=O) groups excluding carboxylic acids is 1. The number of nitro benzene ring substituents is 1. The second kappa shape index (κ2) is 8.63. The predicted octanol–water partition coefficient (Wildman–Crippen LogP) is 4.39. The quantitative estimate of drug-likeness (QED) is 0.298. The van der Waals surface area contributed by atoms with Crippen LogP contribution in [0.5, 0.6) is 0 Å². The summed E-state index contributed by atoms with van der Waals surface area (Å²) >= 11 is 7.83. The molecule has 2 aromatic rings. The fourth-order valence-corrected chi connectivity index (χ4v) is 4.89. The van der Waals surface area contributed by atoms with Gasteiger partial charge in [-0.25, -0.2) is 0 Å². The van der Waals surface area contributed by atoms with Gasteiger partial charge in [0.15, 0.2) is 0 Å². The van der Waals surface area contributed by atoms with Crippen molar-refractivity contribution in [2.75, 3.05) is 6.54 Å². The van der Waals surface area contributed by atoms with Gasteiger partial charge in [0, 0.05) is 34.9 Å². The maximum Gasteiger partial charge on any atom is 0.303 e. The van der Waals surface area contributed by atoms with Gasteiger partial charge in [-0.2, -0.15) is 0 Å². The highest BCUT2D eigenvalue weighted by Gasteiger charge is 2.31. The Bertz CT molecular complexity index is 999. The number of non-ortho nitro benzene ring substituents is 1. The number of carboxylic acid groups (broad SMARTS) is 1. The zero-order valence-corrected chi connectivity index (χ0v) is 16.8. The number of hydrogen-bond acceptors (Lipinski definition) is 7. The highest BCUT2D eigenvalue weighted by atomic mass is 32.2. The van der Waals surface area contributed by atoms with Crippen LogP contribution in [0.15, 0.2) is 41.3 Å². The van der Waals surface area contributed by atoms with Crippen molar-refractivity contribution in [1.82, 2.24) is 4.90 Å². The van der Waals surface area contributed by atoms with E-state index in [1.54, 1.807) is 18.2 Å². The van der Waals surface area contributed by atoms with Crippen LogP contribution in [0.3, 0.4) is 0 Å². The summed E-state index contributed by atoms with van der Waals surface area (Å²) in [6.07, 6.45) is 2.06. The van der Waals surface area contributed by atoms with Gasteiger partial charge in [0.2, 0.25) is 0 Å². The maximum absolute atomic E-state index is 12.5. The molecule has 28 heavy (non-hydrogen) atoms. The molecule has 1 N–H and O–H groups in total. The van der Waals surface area contributed by atoms with E-state index >= 15 is 0 Å². The molecule has 1 aromatic heterocycles. The molecule has 0 bridgehead atoms. The van der Waals surface area contributed by atoms with Crippen molar-refractivity contribution in [2.24, 2.45) is 0 Å². The third-order valence-corrected chi connectivity index (χ3v) is 6.35. The van der Waals surface area contributed by atoms with Gasteiger partial charge in [0.05, 0.1) is 9.83 Å². The lowest BCUT2D eigenvalue weighted by Gasteiger charge is -2.13. The van der Waals surface area contributed by atoms with E-state index in [1.807, 2.05) is 12.1 Å². The van der Waals surface area contributed by atoms with Crippen LogP contribution in [-0.2, 0) is 9.59 Å². The highest BCUT2D eigenvalue weighted by molar-refractivity contribution is 8.26. The molecule has 1 amide bonds. The molecule has 3 rings (SSSR count). The molecule has 0 saturated carbocycles. The van der Waals surface area contributed by atoms with E-state index in [4.69, 9.17) is 17.3 Å². The average molecular weight is 435 g/mol. The first-order chi connectivity index (χ1) is 13.3. The molecule has 1 fully saturated rings. The lowest BCUT2D eigenvalue weighted by Crippen LogP contribution is -2.29. The van der Waals surface area contributed by atoms with Gasteiger partial charge in [-0.1, -0.05) is 36.1 Å². The second-order valence-electron chi connectivity index (χ2n) is 5.84. The first-order valence-electron chi connectivity index (χ1n) is 8.17. The molecule has 144 valence electrons. The van der Waals surface area contributed by atoms with Gasteiger partial charge >= 0.3 is 5.97 Å². The minimum atomic E-state index is -0.909. The van der Waals surface area contributed by atoms with Crippen molar-refractivity contribution in [3.8, 4) is 10.4 Å². The number of rotatable bonds is 7. The third kappa shape index (κ3) is 4.64. The average Bonchev–Trinajstić information content (AvgIpc) is 3.22. The first kappa shape index (κ1) is 20.2. The van der Waals surface area contributed by atoms with E-state index in [9.17, 15) is 19.7 Å². The normalized spacial score (nSPS) is 15.4. The fraction of sp³-hybridized carbons (Fsp3) is 0.167. The lowest BCUT2D eigenvalue weighted by atomic mass is 10.2. The number of nitro groups is 1.